The van der Waals surface area contributed by atoms with Gasteiger partial charge < -0.3 is 10.6 Å². The zero-order valence-electron chi connectivity index (χ0n) is 11.2. The Kier molecular flexibility index (Phi) is 3.27. The molecule has 2 N–H and O–H groups in total. The highest BCUT2D eigenvalue weighted by Crippen LogP contribution is 2.36. The van der Waals surface area contributed by atoms with Gasteiger partial charge in [-0.2, -0.15) is 0 Å². The van der Waals surface area contributed by atoms with E-state index in [2.05, 4.69) is 29.0 Å². The molecule has 1 heterocycles. The molecule has 0 saturated carbocycles. The minimum Gasteiger partial charge on any atom is -0.398 e. The topological polar surface area (TPSA) is 32.5 Å². The number of nitrogens with zero attached hydrogens (tertiary/aromatic N) is 2. The number of benzene rings is 1. The molecule has 1 atom stereocenters. The van der Waals surface area contributed by atoms with Crippen LogP contribution in [0.4, 0.5) is 5.69 Å². The smallest absolute Gasteiger partial charge is 0.0352 e. The van der Waals surface area contributed by atoms with E-state index in [0.29, 0.717) is 6.04 Å². The first-order valence-electron chi connectivity index (χ1n) is 7.05. The molecule has 18 heavy (non-hydrogen) atoms. The van der Waals surface area contributed by atoms with Crippen LogP contribution in [0.2, 0.25) is 0 Å². The van der Waals surface area contributed by atoms with Crippen molar-refractivity contribution in [2.24, 2.45) is 0 Å². The summed E-state index contributed by atoms with van der Waals surface area (Å²) in [5, 5.41) is 0. The fourth-order valence-electron chi connectivity index (χ4n) is 3.36. The van der Waals surface area contributed by atoms with Gasteiger partial charge in [0.05, 0.1) is 0 Å². The summed E-state index contributed by atoms with van der Waals surface area (Å²) in [6.07, 6.45) is 3.73. The fourth-order valence-corrected chi connectivity index (χ4v) is 3.36. The molecule has 1 unspecified atom stereocenters. The molecule has 1 fully saturated rings. The molecule has 0 radical (unpaired) electrons. The van der Waals surface area contributed by atoms with Crippen molar-refractivity contribution in [3.05, 3.63) is 29.3 Å². The molecule has 1 aliphatic carbocycles. The van der Waals surface area contributed by atoms with Crippen LogP contribution in [0, 0.1) is 0 Å². The average Bonchev–Trinajstić information content (AvgIpc) is 2.40. The lowest BCUT2D eigenvalue weighted by atomic mass is 9.85. The van der Waals surface area contributed by atoms with E-state index in [-0.39, 0.29) is 0 Å². The van der Waals surface area contributed by atoms with E-state index >= 15 is 0 Å². The molecule has 0 amide bonds. The standard InChI is InChI=1S/C15H23N3/c1-17-8-10-18(11-9-17)15-7-3-4-12-13(15)5-2-6-14(12)16/h2,5-6,15H,3-4,7-11,16H2,1H3. The van der Waals surface area contributed by atoms with E-state index in [1.807, 2.05) is 6.07 Å². The van der Waals surface area contributed by atoms with Gasteiger partial charge >= 0.3 is 0 Å². The number of nitrogens with two attached hydrogens (primary N) is 1. The molecule has 2 aliphatic rings. The van der Waals surface area contributed by atoms with Crippen molar-refractivity contribution in [1.29, 1.82) is 0 Å². The van der Waals surface area contributed by atoms with E-state index in [0.717, 1.165) is 12.1 Å². The maximum atomic E-state index is 6.13. The molecule has 3 rings (SSSR count). The number of likely N-dealkylation sites (N-methyl/N-ethyl adjacent to an activating group) is 1. The maximum absolute atomic E-state index is 6.13. The largest absolute Gasteiger partial charge is 0.398 e. The predicted octanol–water partition coefficient (Wildman–Crippen LogP) is 1.89. The first-order valence-corrected chi connectivity index (χ1v) is 7.05. The molecule has 0 spiro atoms. The first-order chi connectivity index (χ1) is 8.75. The molecule has 98 valence electrons. The zero-order valence-corrected chi connectivity index (χ0v) is 11.2. The fraction of sp³-hybridized carbons (Fsp3) is 0.600. The van der Waals surface area contributed by atoms with Crippen molar-refractivity contribution in [3.63, 3.8) is 0 Å². The third kappa shape index (κ3) is 2.13. The highest BCUT2D eigenvalue weighted by atomic mass is 15.3. The van der Waals surface area contributed by atoms with Crippen molar-refractivity contribution in [3.8, 4) is 0 Å². The van der Waals surface area contributed by atoms with Gasteiger partial charge in [0.25, 0.3) is 0 Å². The van der Waals surface area contributed by atoms with Gasteiger partial charge in [-0.3, -0.25) is 4.90 Å². The summed E-state index contributed by atoms with van der Waals surface area (Å²) in [6.45, 7) is 4.76. The third-order valence-corrected chi connectivity index (χ3v) is 4.49. The van der Waals surface area contributed by atoms with Crippen LogP contribution >= 0.6 is 0 Å². The van der Waals surface area contributed by atoms with Crippen LogP contribution < -0.4 is 5.73 Å². The van der Waals surface area contributed by atoms with Crippen LogP contribution in [-0.2, 0) is 6.42 Å². The molecule has 3 heteroatoms. The quantitative estimate of drug-likeness (QED) is 0.767. The summed E-state index contributed by atoms with van der Waals surface area (Å²) in [4.78, 5) is 5.07. The van der Waals surface area contributed by atoms with E-state index in [9.17, 15) is 0 Å². The van der Waals surface area contributed by atoms with Gasteiger partial charge in [-0.1, -0.05) is 12.1 Å². The van der Waals surface area contributed by atoms with Crippen molar-refractivity contribution >= 4 is 5.69 Å². The van der Waals surface area contributed by atoms with Crippen LogP contribution in [0.25, 0.3) is 0 Å². The Labute approximate surface area is 110 Å². The molecule has 0 bridgehead atoms. The molecule has 0 aromatic heterocycles. The summed E-state index contributed by atoms with van der Waals surface area (Å²) in [5.41, 5.74) is 10.0. The summed E-state index contributed by atoms with van der Waals surface area (Å²) >= 11 is 0. The number of piperazine rings is 1. The number of hydrogen-bond donors (Lipinski definition) is 1. The van der Waals surface area contributed by atoms with Gasteiger partial charge in [0.1, 0.15) is 0 Å². The van der Waals surface area contributed by atoms with Gasteiger partial charge in [0.2, 0.25) is 0 Å². The van der Waals surface area contributed by atoms with Crippen molar-refractivity contribution < 1.29 is 0 Å². The maximum Gasteiger partial charge on any atom is 0.0352 e. The van der Waals surface area contributed by atoms with Crippen molar-refractivity contribution in [2.45, 2.75) is 25.3 Å². The number of fused-ring (bicyclic) bond motifs is 1. The second kappa shape index (κ2) is 4.90. The van der Waals surface area contributed by atoms with Crippen molar-refractivity contribution in [1.82, 2.24) is 9.80 Å². The number of hydrogen-bond acceptors (Lipinski definition) is 3. The number of anilines is 1. The van der Waals surface area contributed by atoms with Gasteiger partial charge in [-0.15, -0.1) is 0 Å². The minimum absolute atomic E-state index is 0.603. The Hall–Kier alpha value is -1.06. The highest BCUT2D eigenvalue weighted by molar-refractivity contribution is 5.52. The predicted molar refractivity (Wildman–Crippen MR) is 75.6 cm³/mol. The lowest BCUT2D eigenvalue weighted by Crippen LogP contribution is -2.46. The molecule has 1 aliphatic heterocycles. The lowest BCUT2D eigenvalue weighted by molar-refractivity contribution is 0.102. The van der Waals surface area contributed by atoms with Gasteiger partial charge in [-0.05, 0) is 43.5 Å². The Bertz CT molecular complexity index is 422. The average molecular weight is 245 g/mol. The van der Waals surface area contributed by atoms with Gasteiger partial charge in [0, 0.05) is 37.9 Å². The number of rotatable bonds is 1. The molecule has 1 aromatic carbocycles. The highest BCUT2D eigenvalue weighted by Gasteiger charge is 2.28. The summed E-state index contributed by atoms with van der Waals surface area (Å²) in [5.74, 6) is 0. The second-order valence-corrected chi connectivity index (χ2v) is 5.66. The Balaban J connectivity index is 1.85. The Morgan fingerprint density at radius 2 is 1.94 bits per heavy atom. The second-order valence-electron chi connectivity index (χ2n) is 5.66. The SMILES string of the molecule is CN1CCN(C2CCCc3c(N)cccc32)CC1. The van der Waals surface area contributed by atoms with Crippen LogP contribution in [-0.4, -0.2) is 43.0 Å². The molecule has 1 aromatic rings. The number of nitrogen functional groups attached to an aromatic ring is 1. The first kappa shape index (κ1) is 12.0. The molecule has 3 nitrogen and oxygen atoms in total. The van der Waals surface area contributed by atoms with E-state index in [1.54, 1.807) is 0 Å². The Morgan fingerprint density at radius 1 is 1.17 bits per heavy atom. The van der Waals surface area contributed by atoms with Crippen molar-refractivity contribution in [2.75, 3.05) is 39.0 Å². The van der Waals surface area contributed by atoms with Gasteiger partial charge in [-0.25, -0.2) is 0 Å². The van der Waals surface area contributed by atoms with Crippen LogP contribution in [0.1, 0.15) is 30.0 Å². The van der Waals surface area contributed by atoms with Crippen LogP contribution in [0.5, 0.6) is 0 Å². The summed E-state index contributed by atoms with van der Waals surface area (Å²) in [7, 11) is 2.21. The Morgan fingerprint density at radius 3 is 2.72 bits per heavy atom. The molecule has 1 saturated heterocycles. The van der Waals surface area contributed by atoms with Crippen LogP contribution in [0.3, 0.4) is 0 Å². The normalized spacial score (nSPS) is 25.9. The minimum atomic E-state index is 0.603. The third-order valence-electron chi connectivity index (χ3n) is 4.49. The summed E-state index contributed by atoms with van der Waals surface area (Å²) in [6, 6.07) is 7.05. The monoisotopic (exact) mass is 245 g/mol. The lowest BCUT2D eigenvalue weighted by Gasteiger charge is -2.40. The van der Waals surface area contributed by atoms with Gasteiger partial charge in [0.15, 0.2) is 0 Å². The van der Waals surface area contributed by atoms with E-state index < -0.39 is 0 Å². The van der Waals surface area contributed by atoms with E-state index in [4.69, 9.17) is 5.73 Å². The molecular formula is C15H23N3. The summed E-state index contributed by atoms with van der Waals surface area (Å²) < 4.78 is 0. The van der Waals surface area contributed by atoms with Crippen LogP contribution in [0.15, 0.2) is 18.2 Å². The molecular weight excluding hydrogens is 222 g/mol. The van der Waals surface area contributed by atoms with E-state index in [1.165, 1.54) is 50.1 Å². The zero-order chi connectivity index (χ0) is 12.5.